The molecule has 5 rings (SSSR count). The molecule has 3 aliphatic rings. The molecule has 2 aliphatic carbocycles. The third-order valence-electron chi connectivity index (χ3n) is 8.13. The van der Waals surface area contributed by atoms with E-state index in [1.807, 2.05) is 0 Å². The van der Waals surface area contributed by atoms with E-state index in [0.29, 0.717) is 29.1 Å². The number of carbonyl (C=O) groups excluding carboxylic acids is 2. The number of ether oxygens (including phenoxy) is 1. The molecule has 2 unspecified atom stereocenters. The van der Waals surface area contributed by atoms with Gasteiger partial charge >= 0.3 is 12.1 Å². The summed E-state index contributed by atoms with van der Waals surface area (Å²) in [6, 6.07) is 3.07. The molecule has 3 heterocycles. The molecule has 3 fully saturated rings. The summed E-state index contributed by atoms with van der Waals surface area (Å²) < 4.78 is 47.1. The normalized spacial score (nSPS) is 27.1. The van der Waals surface area contributed by atoms with E-state index >= 15 is 0 Å². The second kappa shape index (κ2) is 8.46. The zero-order valence-corrected chi connectivity index (χ0v) is 19.7. The van der Waals surface area contributed by atoms with Crippen LogP contribution in [0.5, 0.6) is 0 Å². The lowest BCUT2D eigenvalue weighted by molar-refractivity contribution is -0.196. The average molecular weight is 494 g/mol. The Hall–Kier alpha value is -2.69. The van der Waals surface area contributed by atoms with Gasteiger partial charge in [0.05, 0.1) is 36.7 Å². The number of esters is 1. The van der Waals surface area contributed by atoms with Gasteiger partial charge in [-0.1, -0.05) is 6.92 Å². The van der Waals surface area contributed by atoms with Gasteiger partial charge in [0, 0.05) is 12.5 Å². The quantitative estimate of drug-likeness (QED) is 0.453. The highest BCUT2D eigenvalue weighted by molar-refractivity contribution is 6.04. The van der Waals surface area contributed by atoms with Crippen LogP contribution in [0.25, 0.3) is 5.65 Å². The third kappa shape index (κ3) is 4.17. The molecule has 0 aromatic carbocycles. The molecule has 2 aromatic rings. The van der Waals surface area contributed by atoms with Crippen LogP contribution in [0.15, 0.2) is 18.3 Å². The number of aromatic nitrogens is 3. The van der Waals surface area contributed by atoms with Gasteiger partial charge in [0.25, 0.3) is 0 Å². The molecule has 11 heteroatoms. The highest BCUT2D eigenvalue weighted by Gasteiger charge is 2.60. The summed E-state index contributed by atoms with van der Waals surface area (Å²) in [6.07, 6.45) is 1.24. The molecule has 1 saturated heterocycles. The van der Waals surface area contributed by atoms with Gasteiger partial charge in [-0.25, -0.2) is 9.50 Å². The topological polar surface area (TPSA) is 112 Å². The standard InChI is InChI=1S/C24H30F3N5O3/c1-12(23(22(34)35-2)9-15(24(25,26)27)10-29-21(23)33)16-7-8-18-30-17(11-32(18)31-16)20(28)19(13-3-4-13)14-5-6-14/h7-8,11-15,19-20H,3-6,9-10,28H2,1-2H3,(H,29,33)/t12?,15-,20-,23?/m1/s1. The van der Waals surface area contributed by atoms with Gasteiger partial charge in [0.15, 0.2) is 11.1 Å². The van der Waals surface area contributed by atoms with Crippen molar-refractivity contribution in [3.05, 3.63) is 29.7 Å². The first-order valence-electron chi connectivity index (χ1n) is 12.1. The Bertz CT molecular complexity index is 1120. The summed E-state index contributed by atoms with van der Waals surface area (Å²) in [5, 5.41) is 6.82. The van der Waals surface area contributed by atoms with Crippen LogP contribution in [-0.2, 0) is 14.3 Å². The van der Waals surface area contributed by atoms with Gasteiger partial charge in [0.2, 0.25) is 5.91 Å². The number of methoxy groups -OCH3 is 1. The largest absolute Gasteiger partial charge is 0.468 e. The maximum absolute atomic E-state index is 13.6. The maximum Gasteiger partial charge on any atom is 0.393 e. The Kier molecular flexibility index (Phi) is 5.81. The Morgan fingerprint density at radius 1 is 1.23 bits per heavy atom. The lowest BCUT2D eigenvalue weighted by Crippen LogP contribution is -2.58. The van der Waals surface area contributed by atoms with Crippen molar-refractivity contribution in [2.45, 2.75) is 57.2 Å². The van der Waals surface area contributed by atoms with Gasteiger partial charge in [-0.15, -0.1) is 0 Å². The van der Waals surface area contributed by atoms with Gasteiger partial charge in [-0.05, 0) is 62.0 Å². The summed E-state index contributed by atoms with van der Waals surface area (Å²) in [5.41, 5.74) is 6.13. The highest BCUT2D eigenvalue weighted by atomic mass is 19.4. The van der Waals surface area contributed by atoms with E-state index < -0.39 is 48.3 Å². The molecule has 190 valence electrons. The molecule has 0 spiro atoms. The van der Waals surface area contributed by atoms with Crippen molar-refractivity contribution in [3.63, 3.8) is 0 Å². The Labute approximate surface area is 200 Å². The number of nitrogens with two attached hydrogens (primary N) is 1. The summed E-state index contributed by atoms with van der Waals surface area (Å²) in [4.78, 5) is 30.4. The van der Waals surface area contributed by atoms with Crippen LogP contribution < -0.4 is 11.1 Å². The van der Waals surface area contributed by atoms with Gasteiger partial charge in [-0.2, -0.15) is 18.3 Å². The van der Waals surface area contributed by atoms with E-state index in [1.165, 1.54) is 37.1 Å². The molecular formula is C24H30F3N5O3. The highest BCUT2D eigenvalue weighted by Crippen LogP contribution is 2.53. The maximum atomic E-state index is 13.6. The molecule has 2 aromatic heterocycles. The number of hydrogen-bond donors (Lipinski definition) is 2. The van der Waals surface area contributed by atoms with Crippen LogP contribution in [0, 0.1) is 29.1 Å². The molecule has 35 heavy (non-hydrogen) atoms. The van der Waals surface area contributed by atoms with E-state index in [2.05, 4.69) is 15.4 Å². The zero-order chi connectivity index (χ0) is 25.1. The summed E-state index contributed by atoms with van der Waals surface area (Å²) in [6.45, 7) is 0.954. The predicted molar refractivity (Wildman–Crippen MR) is 119 cm³/mol. The number of piperidine rings is 1. The van der Waals surface area contributed by atoms with E-state index in [4.69, 9.17) is 10.5 Å². The molecule has 4 atom stereocenters. The van der Waals surface area contributed by atoms with Crippen molar-refractivity contribution >= 4 is 17.5 Å². The molecule has 0 bridgehead atoms. The molecular weight excluding hydrogens is 463 g/mol. The molecule has 8 nitrogen and oxygen atoms in total. The average Bonchev–Trinajstić information content (AvgIpc) is 3.76. The Morgan fingerprint density at radius 3 is 2.46 bits per heavy atom. The smallest absolute Gasteiger partial charge is 0.393 e. The minimum atomic E-state index is -4.57. The van der Waals surface area contributed by atoms with Crippen LogP contribution in [0.1, 0.15) is 62.4 Å². The molecule has 3 N–H and O–H groups in total. The van der Waals surface area contributed by atoms with Gasteiger partial charge < -0.3 is 15.8 Å². The molecule has 1 amide bonds. The summed E-state index contributed by atoms with van der Waals surface area (Å²) in [5.74, 6) is -2.98. The molecule has 1 aliphatic heterocycles. The number of nitrogens with zero attached hydrogens (tertiary/aromatic N) is 3. The van der Waals surface area contributed by atoms with Crippen LogP contribution in [0.4, 0.5) is 13.2 Å². The van der Waals surface area contributed by atoms with Crippen LogP contribution in [0.2, 0.25) is 0 Å². The van der Waals surface area contributed by atoms with Crippen LogP contribution >= 0.6 is 0 Å². The third-order valence-corrected chi connectivity index (χ3v) is 8.13. The number of carbonyl (C=O) groups is 2. The summed E-state index contributed by atoms with van der Waals surface area (Å²) in [7, 11) is 1.07. The first-order valence-corrected chi connectivity index (χ1v) is 12.1. The second-order valence-electron chi connectivity index (χ2n) is 10.3. The van der Waals surface area contributed by atoms with Crippen molar-refractivity contribution in [2.75, 3.05) is 13.7 Å². The number of amides is 1. The van der Waals surface area contributed by atoms with E-state index in [1.54, 1.807) is 18.3 Å². The van der Waals surface area contributed by atoms with Crippen molar-refractivity contribution in [1.82, 2.24) is 19.9 Å². The molecule has 0 radical (unpaired) electrons. The number of rotatable bonds is 7. The fourth-order valence-electron chi connectivity index (χ4n) is 5.76. The summed E-state index contributed by atoms with van der Waals surface area (Å²) >= 11 is 0. The number of nitrogens with one attached hydrogen (secondary N) is 1. The fraction of sp³-hybridized carbons (Fsp3) is 0.667. The number of alkyl halides is 3. The van der Waals surface area contributed by atoms with Crippen molar-refractivity contribution in [2.24, 2.45) is 34.8 Å². The Morgan fingerprint density at radius 2 is 1.89 bits per heavy atom. The lowest BCUT2D eigenvalue weighted by atomic mass is 9.66. The Balaban J connectivity index is 1.48. The first kappa shape index (κ1) is 24.0. The zero-order valence-electron chi connectivity index (χ0n) is 19.7. The van der Waals surface area contributed by atoms with Crippen molar-refractivity contribution < 1.29 is 27.5 Å². The fourth-order valence-corrected chi connectivity index (χ4v) is 5.76. The minimum Gasteiger partial charge on any atom is -0.468 e. The van der Waals surface area contributed by atoms with Crippen molar-refractivity contribution in [3.8, 4) is 0 Å². The minimum absolute atomic E-state index is 0.212. The number of hydrogen-bond acceptors (Lipinski definition) is 6. The lowest BCUT2D eigenvalue weighted by Gasteiger charge is -2.41. The van der Waals surface area contributed by atoms with Gasteiger partial charge in [0.1, 0.15) is 0 Å². The molecule has 2 saturated carbocycles. The second-order valence-corrected chi connectivity index (χ2v) is 10.3. The number of imidazole rings is 1. The van der Waals surface area contributed by atoms with Crippen LogP contribution in [-0.4, -0.2) is 46.3 Å². The van der Waals surface area contributed by atoms with E-state index in [9.17, 15) is 22.8 Å². The first-order chi connectivity index (χ1) is 16.6. The predicted octanol–water partition coefficient (Wildman–Crippen LogP) is 3.13. The SMILES string of the molecule is COC(=O)C1(C(C)c2ccc3nc([C@@H](N)C(C4CC4)C4CC4)cn3n2)C[C@@H](C(F)(F)F)CNC1=O. The van der Waals surface area contributed by atoms with E-state index in [0.717, 1.165) is 12.8 Å². The number of fused-ring (bicyclic) bond motifs is 1. The van der Waals surface area contributed by atoms with Crippen LogP contribution in [0.3, 0.4) is 0 Å². The monoisotopic (exact) mass is 493 g/mol. The number of halogens is 3. The van der Waals surface area contributed by atoms with Gasteiger partial charge in [-0.3, -0.25) is 9.59 Å². The van der Waals surface area contributed by atoms with E-state index in [-0.39, 0.29) is 6.04 Å². The van der Waals surface area contributed by atoms with Crippen molar-refractivity contribution in [1.29, 1.82) is 0 Å².